The van der Waals surface area contributed by atoms with Crippen LogP contribution in [0.4, 0.5) is 0 Å². The summed E-state index contributed by atoms with van der Waals surface area (Å²) < 4.78 is 11.2. The Morgan fingerprint density at radius 3 is 2.60 bits per heavy atom. The van der Waals surface area contributed by atoms with Crippen molar-refractivity contribution in [1.29, 1.82) is 10.5 Å². The Morgan fingerprint density at radius 1 is 1.30 bits per heavy atom. The molecule has 2 aliphatic heterocycles. The maximum atomic E-state index is 9.25. The van der Waals surface area contributed by atoms with Crippen LogP contribution in [0, 0.1) is 22.7 Å². The van der Waals surface area contributed by atoms with E-state index in [1.54, 1.807) is 0 Å². The lowest BCUT2D eigenvalue weighted by Crippen LogP contribution is -2.42. The summed E-state index contributed by atoms with van der Waals surface area (Å²) in [5.74, 6) is 0. The van der Waals surface area contributed by atoms with Crippen molar-refractivity contribution in [1.82, 2.24) is 4.90 Å². The quantitative estimate of drug-likeness (QED) is 0.717. The van der Waals surface area contributed by atoms with E-state index in [1.165, 1.54) is 6.08 Å². The molecule has 2 rings (SSSR count). The summed E-state index contributed by atoms with van der Waals surface area (Å²) in [5, 5.41) is 18.1. The topological polar surface area (TPSA) is 69.3 Å². The number of hydrogen-bond acceptors (Lipinski definition) is 5. The average Bonchev–Trinajstić information content (AvgIpc) is 2.45. The van der Waals surface area contributed by atoms with Gasteiger partial charge in [-0.2, -0.15) is 10.5 Å². The molecule has 2 heterocycles. The summed E-state index contributed by atoms with van der Waals surface area (Å²) in [6.07, 6.45) is 2.05. The predicted molar refractivity (Wildman–Crippen MR) is 73.4 cm³/mol. The second-order valence-electron chi connectivity index (χ2n) is 5.55. The molecule has 106 valence electrons. The van der Waals surface area contributed by atoms with Gasteiger partial charge in [0.2, 0.25) is 0 Å². The molecule has 0 aliphatic carbocycles. The van der Waals surface area contributed by atoms with Crippen molar-refractivity contribution in [2.75, 3.05) is 32.9 Å². The Labute approximate surface area is 119 Å². The Balaban J connectivity index is 2.39. The van der Waals surface area contributed by atoms with Crippen LogP contribution in [0.5, 0.6) is 0 Å². The predicted octanol–water partition coefficient (Wildman–Crippen LogP) is 1.75. The van der Waals surface area contributed by atoms with Gasteiger partial charge >= 0.3 is 0 Å². The average molecular weight is 273 g/mol. The zero-order chi connectivity index (χ0) is 14.6. The molecule has 0 N–H and O–H groups in total. The van der Waals surface area contributed by atoms with E-state index in [-0.39, 0.29) is 5.60 Å². The van der Waals surface area contributed by atoms with E-state index >= 15 is 0 Å². The molecule has 2 aliphatic rings. The molecule has 5 nitrogen and oxygen atoms in total. The van der Waals surface area contributed by atoms with E-state index < -0.39 is 0 Å². The van der Waals surface area contributed by atoms with Crippen LogP contribution in [0.1, 0.15) is 20.3 Å². The lowest BCUT2D eigenvalue weighted by atomic mass is 9.92. The molecule has 20 heavy (non-hydrogen) atoms. The summed E-state index contributed by atoms with van der Waals surface area (Å²) in [7, 11) is 0. The van der Waals surface area contributed by atoms with Crippen molar-refractivity contribution in [2.24, 2.45) is 0 Å². The molecule has 0 aromatic heterocycles. The van der Waals surface area contributed by atoms with Crippen LogP contribution < -0.4 is 0 Å². The molecule has 0 aromatic rings. The first-order chi connectivity index (χ1) is 9.57. The van der Waals surface area contributed by atoms with Crippen LogP contribution in [0.3, 0.4) is 0 Å². The summed E-state index contributed by atoms with van der Waals surface area (Å²) in [5.41, 5.74) is 2.12. The third kappa shape index (κ3) is 3.19. The molecule has 0 amide bonds. The minimum atomic E-state index is -0.246. The summed E-state index contributed by atoms with van der Waals surface area (Å²) in [6.45, 7) is 7.50. The second kappa shape index (κ2) is 6.09. The lowest BCUT2D eigenvalue weighted by Gasteiger charge is -2.40. The van der Waals surface area contributed by atoms with Gasteiger partial charge in [-0.05, 0) is 13.8 Å². The van der Waals surface area contributed by atoms with Crippen molar-refractivity contribution >= 4 is 0 Å². The normalized spacial score (nSPS) is 23.2. The van der Waals surface area contributed by atoms with E-state index in [0.29, 0.717) is 25.4 Å². The fraction of sp³-hybridized carbons (Fsp3) is 0.600. The highest BCUT2D eigenvalue weighted by molar-refractivity contribution is 5.48. The van der Waals surface area contributed by atoms with Crippen molar-refractivity contribution in [2.45, 2.75) is 25.9 Å². The smallest absolute Gasteiger partial charge is 0.100 e. The number of nitrogens with zero attached hydrogens (tertiary/aromatic N) is 3. The molecular weight excluding hydrogens is 254 g/mol. The number of rotatable bonds is 2. The first kappa shape index (κ1) is 14.6. The third-order valence-corrected chi connectivity index (χ3v) is 3.60. The highest BCUT2D eigenvalue weighted by atomic mass is 16.5. The molecule has 0 unspecified atom stereocenters. The van der Waals surface area contributed by atoms with Crippen LogP contribution in [0.15, 0.2) is 22.9 Å². The van der Waals surface area contributed by atoms with Crippen LogP contribution >= 0.6 is 0 Å². The van der Waals surface area contributed by atoms with E-state index in [9.17, 15) is 5.26 Å². The maximum absolute atomic E-state index is 9.25. The standard InChI is InChI=1S/C15H19N3O2/c1-15(2)9-14(18-5-7-19-8-6-18)13(11-20-15)12(10-17)3-4-16/h3H,5-9,11H2,1-2H3. The molecule has 0 radical (unpaired) electrons. The van der Waals surface area contributed by atoms with E-state index in [1.807, 2.05) is 19.9 Å². The molecule has 0 saturated carbocycles. The number of ether oxygens (including phenoxy) is 2. The number of allylic oxidation sites excluding steroid dienone is 1. The number of nitriles is 2. The van der Waals surface area contributed by atoms with Crippen LogP contribution in [-0.2, 0) is 9.47 Å². The van der Waals surface area contributed by atoms with Gasteiger partial charge in [-0.3, -0.25) is 0 Å². The van der Waals surface area contributed by atoms with Crippen molar-refractivity contribution in [3.8, 4) is 12.1 Å². The van der Waals surface area contributed by atoms with Gasteiger partial charge in [0.15, 0.2) is 0 Å². The first-order valence-corrected chi connectivity index (χ1v) is 6.76. The van der Waals surface area contributed by atoms with Crippen molar-refractivity contribution < 1.29 is 9.47 Å². The van der Waals surface area contributed by atoms with Crippen molar-refractivity contribution in [3.05, 3.63) is 22.9 Å². The van der Waals surface area contributed by atoms with E-state index in [0.717, 1.165) is 30.8 Å². The van der Waals surface area contributed by atoms with Crippen LogP contribution in [0.25, 0.3) is 0 Å². The summed E-state index contributed by atoms with van der Waals surface area (Å²) in [6, 6.07) is 4.05. The van der Waals surface area contributed by atoms with E-state index in [2.05, 4.69) is 11.0 Å². The molecule has 0 spiro atoms. The van der Waals surface area contributed by atoms with Crippen LogP contribution in [0.2, 0.25) is 0 Å². The van der Waals surface area contributed by atoms with Gasteiger partial charge in [0.05, 0.1) is 37.1 Å². The van der Waals surface area contributed by atoms with E-state index in [4.69, 9.17) is 14.7 Å². The Bertz CT molecular complexity index is 514. The fourth-order valence-electron chi connectivity index (χ4n) is 2.53. The van der Waals surface area contributed by atoms with Crippen LogP contribution in [-0.4, -0.2) is 43.4 Å². The van der Waals surface area contributed by atoms with Gasteiger partial charge in [0.1, 0.15) is 6.07 Å². The highest BCUT2D eigenvalue weighted by Crippen LogP contribution is 2.34. The summed E-state index contributed by atoms with van der Waals surface area (Å²) >= 11 is 0. The molecule has 5 heteroatoms. The molecule has 0 atom stereocenters. The van der Waals surface area contributed by atoms with Gasteiger partial charge < -0.3 is 14.4 Å². The number of morpholine rings is 1. The molecule has 0 bridgehead atoms. The van der Waals surface area contributed by atoms with Gasteiger partial charge in [0, 0.05) is 36.9 Å². The Kier molecular flexibility index (Phi) is 4.44. The number of hydrogen-bond donors (Lipinski definition) is 0. The van der Waals surface area contributed by atoms with Crippen molar-refractivity contribution in [3.63, 3.8) is 0 Å². The Hall–Kier alpha value is -1.82. The monoisotopic (exact) mass is 273 g/mol. The SMILES string of the molecule is CC1(C)CC(N2CCOCC2)=C(C(C#N)=CC#N)CO1. The molecule has 0 aromatic carbocycles. The first-order valence-electron chi connectivity index (χ1n) is 6.76. The largest absolute Gasteiger partial charge is 0.378 e. The van der Waals surface area contributed by atoms with Gasteiger partial charge in [-0.15, -0.1) is 0 Å². The lowest BCUT2D eigenvalue weighted by molar-refractivity contribution is -0.0284. The summed E-state index contributed by atoms with van der Waals surface area (Å²) in [4.78, 5) is 2.26. The molecular formula is C15H19N3O2. The zero-order valence-electron chi connectivity index (χ0n) is 12.0. The molecule has 1 saturated heterocycles. The zero-order valence-corrected chi connectivity index (χ0v) is 12.0. The highest BCUT2D eigenvalue weighted by Gasteiger charge is 2.32. The Morgan fingerprint density at radius 2 is 2.00 bits per heavy atom. The second-order valence-corrected chi connectivity index (χ2v) is 5.55. The fourth-order valence-corrected chi connectivity index (χ4v) is 2.53. The molecule has 1 fully saturated rings. The maximum Gasteiger partial charge on any atom is 0.100 e. The van der Waals surface area contributed by atoms with Gasteiger partial charge in [-0.1, -0.05) is 0 Å². The minimum Gasteiger partial charge on any atom is -0.378 e. The van der Waals surface area contributed by atoms with Gasteiger partial charge in [0.25, 0.3) is 0 Å². The van der Waals surface area contributed by atoms with Gasteiger partial charge in [-0.25, -0.2) is 0 Å². The third-order valence-electron chi connectivity index (χ3n) is 3.60. The minimum absolute atomic E-state index is 0.246.